The van der Waals surface area contributed by atoms with Crippen molar-refractivity contribution in [3.63, 3.8) is 0 Å². The van der Waals surface area contributed by atoms with Crippen molar-refractivity contribution >= 4 is 17.7 Å². The Kier molecular flexibility index (Phi) is 9.71. The first-order chi connectivity index (χ1) is 7.65. The summed E-state index contributed by atoms with van der Waals surface area (Å²) < 4.78 is 4.95. The first-order valence-corrected chi connectivity index (χ1v) is 6.69. The van der Waals surface area contributed by atoms with E-state index in [1.807, 2.05) is 6.26 Å². The quantitative estimate of drug-likeness (QED) is 0.517. The molecule has 0 spiro atoms. The minimum absolute atomic E-state index is 0.0222. The molecule has 2 atom stereocenters. The minimum Gasteiger partial charge on any atom is -0.396 e. The van der Waals surface area contributed by atoms with E-state index >= 15 is 0 Å². The normalized spacial score (nSPS) is 14.5. The number of methoxy groups -OCH3 is 1. The molecular weight excluding hydrogens is 228 g/mol. The molecular formula is C10H22N2O3S. The van der Waals surface area contributed by atoms with Gasteiger partial charge in [0.1, 0.15) is 0 Å². The number of hydrogen-bond donors (Lipinski definition) is 3. The average molecular weight is 250 g/mol. The number of carbonyl (C=O) groups is 1. The number of carbonyl (C=O) groups excluding carboxylic acids is 1. The van der Waals surface area contributed by atoms with Crippen LogP contribution in [0.5, 0.6) is 0 Å². The first kappa shape index (κ1) is 15.7. The number of nitrogens with one attached hydrogen (secondary N) is 1. The van der Waals surface area contributed by atoms with E-state index in [1.54, 1.807) is 18.9 Å². The van der Waals surface area contributed by atoms with Crippen LogP contribution in [0.15, 0.2) is 0 Å². The van der Waals surface area contributed by atoms with Gasteiger partial charge in [0.2, 0.25) is 5.91 Å². The molecule has 0 saturated carbocycles. The van der Waals surface area contributed by atoms with Gasteiger partial charge in [0.05, 0.1) is 18.7 Å². The van der Waals surface area contributed by atoms with Crippen LogP contribution < -0.4 is 11.1 Å². The van der Waals surface area contributed by atoms with Crippen molar-refractivity contribution in [1.82, 2.24) is 5.32 Å². The molecule has 0 aliphatic heterocycles. The summed E-state index contributed by atoms with van der Waals surface area (Å²) in [7, 11) is 1.56. The Labute approximate surface area is 101 Å². The van der Waals surface area contributed by atoms with E-state index in [0.717, 1.165) is 5.75 Å². The van der Waals surface area contributed by atoms with Gasteiger partial charge < -0.3 is 20.9 Å². The Balaban J connectivity index is 3.96. The molecule has 96 valence electrons. The summed E-state index contributed by atoms with van der Waals surface area (Å²) in [6, 6.07) is -0.645. The van der Waals surface area contributed by atoms with Gasteiger partial charge in [-0.15, -0.1) is 0 Å². The lowest BCUT2D eigenvalue weighted by atomic mass is 10.2. The third-order valence-electron chi connectivity index (χ3n) is 2.16. The molecule has 0 aliphatic rings. The van der Waals surface area contributed by atoms with Crippen molar-refractivity contribution in [2.75, 3.05) is 32.3 Å². The Morgan fingerprint density at radius 3 is 2.75 bits per heavy atom. The lowest BCUT2D eigenvalue weighted by molar-refractivity contribution is -0.123. The van der Waals surface area contributed by atoms with E-state index < -0.39 is 6.04 Å². The van der Waals surface area contributed by atoms with Crippen molar-refractivity contribution in [3.05, 3.63) is 0 Å². The van der Waals surface area contributed by atoms with E-state index in [4.69, 9.17) is 15.6 Å². The molecule has 0 bridgehead atoms. The maximum atomic E-state index is 11.6. The predicted molar refractivity (Wildman–Crippen MR) is 66.5 cm³/mol. The Bertz CT molecular complexity index is 187. The van der Waals surface area contributed by atoms with Gasteiger partial charge in [-0.05, 0) is 24.9 Å². The van der Waals surface area contributed by atoms with Gasteiger partial charge in [0.25, 0.3) is 0 Å². The summed E-state index contributed by atoms with van der Waals surface area (Å²) in [5, 5.41) is 11.6. The van der Waals surface area contributed by atoms with Gasteiger partial charge in [0, 0.05) is 13.7 Å². The van der Waals surface area contributed by atoms with E-state index in [-0.39, 0.29) is 18.6 Å². The average Bonchev–Trinajstić information content (AvgIpc) is 2.26. The zero-order valence-electron chi connectivity index (χ0n) is 9.94. The highest BCUT2D eigenvalue weighted by Crippen LogP contribution is 2.00. The van der Waals surface area contributed by atoms with Crippen LogP contribution in [0, 0.1) is 0 Å². The van der Waals surface area contributed by atoms with Crippen LogP contribution in [-0.4, -0.2) is 55.4 Å². The molecule has 0 aromatic carbocycles. The monoisotopic (exact) mass is 250 g/mol. The number of amides is 1. The number of aliphatic hydroxyl groups excluding tert-OH is 1. The van der Waals surface area contributed by atoms with Crippen LogP contribution in [0.25, 0.3) is 0 Å². The van der Waals surface area contributed by atoms with Crippen molar-refractivity contribution in [1.29, 1.82) is 0 Å². The topological polar surface area (TPSA) is 84.6 Å². The molecule has 0 saturated heterocycles. The molecule has 1 unspecified atom stereocenters. The van der Waals surface area contributed by atoms with Crippen molar-refractivity contribution < 1.29 is 14.6 Å². The Morgan fingerprint density at radius 1 is 1.56 bits per heavy atom. The largest absolute Gasteiger partial charge is 0.396 e. The molecule has 0 aromatic rings. The highest BCUT2D eigenvalue weighted by molar-refractivity contribution is 7.98. The third kappa shape index (κ3) is 7.05. The molecule has 0 heterocycles. The van der Waals surface area contributed by atoms with Crippen molar-refractivity contribution in [3.8, 4) is 0 Å². The van der Waals surface area contributed by atoms with Gasteiger partial charge in [0.15, 0.2) is 0 Å². The fourth-order valence-electron chi connectivity index (χ4n) is 1.24. The Morgan fingerprint density at radius 2 is 2.25 bits per heavy atom. The van der Waals surface area contributed by atoms with Gasteiger partial charge >= 0.3 is 0 Å². The standard InChI is InChI=1S/C10H22N2O3S/c1-15-7-8(3-5-13)12-10(14)9(11)4-6-16-2/h8-9,13H,3-7,11H2,1-2H3,(H,12,14)/t8?,9-/m1/s1. The van der Waals surface area contributed by atoms with Crippen LogP contribution in [0.2, 0.25) is 0 Å². The zero-order valence-corrected chi connectivity index (χ0v) is 10.8. The zero-order chi connectivity index (χ0) is 12.4. The van der Waals surface area contributed by atoms with Crippen LogP contribution in [-0.2, 0) is 9.53 Å². The van der Waals surface area contributed by atoms with Gasteiger partial charge in [-0.25, -0.2) is 0 Å². The van der Waals surface area contributed by atoms with Crippen LogP contribution in [0.1, 0.15) is 12.8 Å². The molecule has 0 fully saturated rings. The number of ether oxygens (including phenoxy) is 1. The lowest BCUT2D eigenvalue weighted by Crippen LogP contribution is -2.47. The van der Waals surface area contributed by atoms with Crippen molar-refractivity contribution in [2.24, 2.45) is 5.73 Å². The second-order valence-corrected chi connectivity index (χ2v) is 4.55. The number of rotatable bonds is 9. The fourth-order valence-corrected chi connectivity index (χ4v) is 1.73. The van der Waals surface area contributed by atoms with Crippen LogP contribution in [0.3, 0.4) is 0 Å². The number of hydrogen-bond acceptors (Lipinski definition) is 5. The van der Waals surface area contributed by atoms with Crippen LogP contribution >= 0.6 is 11.8 Å². The summed E-state index contributed by atoms with van der Waals surface area (Å²) in [6.07, 6.45) is 3.12. The third-order valence-corrected chi connectivity index (χ3v) is 2.81. The highest BCUT2D eigenvalue weighted by Gasteiger charge is 2.17. The maximum absolute atomic E-state index is 11.6. The maximum Gasteiger partial charge on any atom is 0.237 e. The molecule has 5 nitrogen and oxygen atoms in total. The number of aliphatic hydroxyl groups is 1. The van der Waals surface area contributed by atoms with Crippen LogP contribution in [0.4, 0.5) is 0 Å². The van der Waals surface area contributed by atoms with E-state index in [1.165, 1.54) is 0 Å². The fraction of sp³-hybridized carbons (Fsp3) is 0.900. The molecule has 16 heavy (non-hydrogen) atoms. The summed E-state index contributed by atoms with van der Waals surface area (Å²) >= 11 is 1.66. The van der Waals surface area contributed by atoms with Gasteiger partial charge in [-0.3, -0.25) is 4.79 Å². The second kappa shape index (κ2) is 9.89. The van der Waals surface area contributed by atoms with Gasteiger partial charge in [-0.1, -0.05) is 0 Å². The number of thioether (sulfide) groups is 1. The highest BCUT2D eigenvalue weighted by atomic mass is 32.2. The predicted octanol–water partition coefficient (Wildman–Crippen LogP) is -0.420. The molecule has 0 rings (SSSR count). The SMILES string of the molecule is COCC(CCO)NC(=O)[C@H](N)CCSC. The van der Waals surface area contributed by atoms with E-state index in [2.05, 4.69) is 5.32 Å². The molecule has 6 heteroatoms. The Hall–Kier alpha value is -0.300. The molecule has 4 N–H and O–H groups in total. The smallest absolute Gasteiger partial charge is 0.237 e. The summed E-state index contributed by atoms with van der Waals surface area (Å²) in [5.41, 5.74) is 5.72. The summed E-state index contributed by atoms with van der Waals surface area (Å²) in [4.78, 5) is 11.6. The molecule has 1 amide bonds. The molecule has 0 radical (unpaired) electrons. The van der Waals surface area contributed by atoms with E-state index in [9.17, 15) is 4.79 Å². The van der Waals surface area contributed by atoms with Crippen molar-refractivity contribution in [2.45, 2.75) is 24.9 Å². The lowest BCUT2D eigenvalue weighted by Gasteiger charge is -2.19. The first-order valence-electron chi connectivity index (χ1n) is 5.30. The molecule has 0 aliphatic carbocycles. The van der Waals surface area contributed by atoms with E-state index in [0.29, 0.717) is 19.4 Å². The second-order valence-electron chi connectivity index (χ2n) is 3.56. The summed E-state index contributed by atoms with van der Waals surface area (Å²) in [5.74, 6) is 0.688. The summed E-state index contributed by atoms with van der Waals surface area (Å²) in [6.45, 7) is 0.413. The number of nitrogens with two attached hydrogens (primary N) is 1. The molecule has 0 aromatic heterocycles. The minimum atomic E-state index is -0.481. The van der Waals surface area contributed by atoms with Gasteiger partial charge in [-0.2, -0.15) is 11.8 Å².